The fourth-order valence-corrected chi connectivity index (χ4v) is 1.89. The van der Waals surface area contributed by atoms with Gasteiger partial charge in [0.15, 0.2) is 5.82 Å². The summed E-state index contributed by atoms with van der Waals surface area (Å²) in [6, 6.07) is 1.78. The zero-order chi connectivity index (χ0) is 13.1. The van der Waals surface area contributed by atoms with E-state index in [1.165, 1.54) is 0 Å². The second kappa shape index (κ2) is 5.30. The van der Waals surface area contributed by atoms with Crippen molar-refractivity contribution in [2.75, 3.05) is 0 Å². The van der Waals surface area contributed by atoms with Gasteiger partial charge in [0.25, 0.3) is 5.89 Å². The molecule has 0 spiro atoms. The van der Waals surface area contributed by atoms with Gasteiger partial charge < -0.3 is 10.3 Å². The second-order valence-electron chi connectivity index (χ2n) is 4.34. The van der Waals surface area contributed by atoms with Gasteiger partial charge in [-0.3, -0.25) is 4.68 Å². The predicted molar refractivity (Wildman–Crippen MR) is 67.8 cm³/mol. The SMILES string of the molecule is CCCC(N)c1noc(-c2cc(C)nn2CC)n1. The molecule has 0 aliphatic carbocycles. The van der Waals surface area contributed by atoms with Crippen LogP contribution >= 0.6 is 0 Å². The Balaban J connectivity index is 2.28. The highest BCUT2D eigenvalue weighted by atomic mass is 16.5. The molecule has 98 valence electrons. The van der Waals surface area contributed by atoms with Crippen LogP contribution in [-0.2, 0) is 6.54 Å². The molecule has 2 aromatic rings. The molecule has 18 heavy (non-hydrogen) atoms. The summed E-state index contributed by atoms with van der Waals surface area (Å²) >= 11 is 0. The van der Waals surface area contributed by atoms with E-state index in [-0.39, 0.29) is 6.04 Å². The Bertz CT molecular complexity index is 516. The van der Waals surface area contributed by atoms with E-state index in [1.807, 2.05) is 24.6 Å². The van der Waals surface area contributed by atoms with Crippen LogP contribution < -0.4 is 5.73 Å². The van der Waals surface area contributed by atoms with Gasteiger partial charge in [0.05, 0.1) is 11.7 Å². The maximum absolute atomic E-state index is 5.97. The number of nitrogens with zero attached hydrogens (tertiary/aromatic N) is 4. The second-order valence-corrected chi connectivity index (χ2v) is 4.34. The van der Waals surface area contributed by atoms with Crippen molar-refractivity contribution in [1.29, 1.82) is 0 Å². The van der Waals surface area contributed by atoms with E-state index >= 15 is 0 Å². The molecule has 0 aromatic carbocycles. The quantitative estimate of drug-likeness (QED) is 0.877. The molecule has 2 aromatic heterocycles. The zero-order valence-corrected chi connectivity index (χ0v) is 11.1. The Hall–Kier alpha value is -1.69. The summed E-state index contributed by atoms with van der Waals surface area (Å²) < 4.78 is 7.12. The summed E-state index contributed by atoms with van der Waals surface area (Å²) in [5.41, 5.74) is 7.74. The lowest BCUT2D eigenvalue weighted by molar-refractivity contribution is 0.409. The average Bonchev–Trinajstić information content (AvgIpc) is 2.95. The van der Waals surface area contributed by atoms with Crippen molar-refractivity contribution in [2.24, 2.45) is 5.73 Å². The number of rotatable bonds is 5. The van der Waals surface area contributed by atoms with Crippen LogP contribution in [0.25, 0.3) is 11.6 Å². The number of hydrogen-bond donors (Lipinski definition) is 1. The first kappa shape index (κ1) is 12.8. The largest absolute Gasteiger partial charge is 0.332 e. The fourth-order valence-electron chi connectivity index (χ4n) is 1.89. The van der Waals surface area contributed by atoms with Crippen LogP contribution in [0.5, 0.6) is 0 Å². The van der Waals surface area contributed by atoms with E-state index in [0.29, 0.717) is 11.7 Å². The number of aromatic nitrogens is 4. The summed E-state index contributed by atoms with van der Waals surface area (Å²) in [6.45, 7) is 6.81. The van der Waals surface area contributed by atoms with Crippen LogP contribution in [-0.4, -0.2) is 19.9 Å². The van der Waals surface area contributed by atoms with Gasteiger partial charge in [0, 0.05) is 6.54 Å². The number of nitrogens with two attached hydrogens (primary N) is 1. The van der Waals surface area contributed by atoms with Crippen molar-refractivity contribution in [2.45, 2.75) is 46.2 Å². The molecule has 0 aliphatic heterocycles. The summed E-state index contributed by atoms with van der Waals surface area (Å²) in [5.74, 6) is 1.05. The van der Waals surface area contributed by atoms with Crippen molar-refractivity contribution in [3.8, 4) is 11.6 Å². The molecule has 0 aliphatic rings. The number of hydrogen-bond acceptors (Lipinski definition) is 5. The highest BCUT2D eigenvalue weighted by Gasteiger charge is 2.17. The molecule has 2 heterocycles. The van der Waals surface area contributed by atoms with Crippen LogP contribution in [0, 0.1) is 6.92 Å². The molecule has 1 unspecified atom stereocenters. The lowest BCUT2D eigenvalue weighted by Crippen LogP contribution is -2.11. The lowest BCUT2D eigenvalue weighted by atomic mass is 10.2. The smallest absolute Gasteiger partial charge is 0.276 e. The predicted octanol–water partition coefficient (Wildman–Crippen LogP) is 2.06. The minimum atomic E-state index is -0.161. The minimum absolute atomic E-state index is 0.161. The summed E-state index contributed by atoms with van der Waals surface area (Å²) in [5, 5.41) is 8.30. The molecule has 2 rings (SSSR count). The summed E-state index contributed by atoms with van der Waals surface area (Å²) in [4.78, 5) is 4.36. The molecular weight excluding hydrogens is 230 g/mol. The molecule has 0 radical (unpaired) electrons. The van der Waals surface area contributed by atoms with Crippen LogP contribution in [0.2, 0.25) is 0 Å². The van der Waals surface area contributed by atoms with Gasteiger partial charge in [-0.2, -0.15) is 10.1 Å². The van der Waals surface area contributed by atoms with Crippen LogP contribution in [0.15, 0.2) is 10.6 Å². The van der Waals surface area contributed by atoms with Crippen LogP contribution in [0.3, 0.4) is 0 Å². The third-order valence-corrected chi connectivity index (χ3v) is 2.79. The van der Waals surface area contributed by atoms with Gasteiger partial charge in [-0.1, -0.05) is 18.5 Å². The molecule has 0 fully saturated rings. The normalized spacial score (nSPS) is 12.9. The van der Waals surface area contributed by atoms with Gasteiger partial charge in [-0.25, -0.2) is 0 Å². The van der Waals surface area contributed by atoms with Gasteiger partial charge >= 0.3 is 0 Å². The van der Waals surface area contributed by atoms with Crippen LogP contribution in [0.4, 0.5) is 0 Å². The number of aryl methyl sites for hydroxylation is 2. The van der Waals surface area contributed by atoms with Crippen molar-refractivity contribution in [3.63, 3.8) is 0 Å². The van der Waals surface area contributed by atoms with Crippen molar-refractivity contribution >= 4 is 0 Å². The summed E-state index contributed by atoms with van der Waals surface area (Å²) in [6.07, 6.45) is 1.85. The zero-order valence-electron chi connectivity index (χ0n) is 11.1. The average molecular weight is 249 g/mol. The molecule has 0 amide bonds. The molecule has 1 atom stereocenters. The summed E-state index contributed by atoms with van der Waals surface area (Å²) in [7, 11) is 0. The standard InChI is InChI=1S/C12H19N5O/c1-4-6-9(13)11-14-12(18-16-11)10-7-8(3)15-17(10)5-2/h7,9H,4-6,13H2,1-3H3. The fraction of sp³-hybridized carbons (Fsp3) is 0.583. The Morgan fingerprint density at radius 3 is 2.89 bits per heavy atom. The first-order valence-corrected chi connectivity index (χ1v) is 6.29. The highest BCUT2D eigenvalue weighted by Crippen LogP contribution is 2.21. The molecule has 6 nitrogen and oxygen atoms in total. The maximum Gasteiger partial charge on any atom is 0.276 e. The van der Waals surface area contributed by atoms with Gasteiger partial charge in [-0.05, 0) is 26.3 Å². The first-order chi connectivity index (χ1) is 8.65. The molecule has 6 heteroatoms. The highest BCUT2D eigenvalue weighted by molar-refractivity contribution is 5.47. The van der Waals surface area contributed by atoms with E-state index in [2.05, 4.69) is 22.2 Å². The Morgan fingerprint density at radius 1 is 1.44 bits per heavy atom. The maximum atomic E-state index is 5.97. The lowest BCUT2D eigenvalue weighted by Gasteiger charge is -2.02. The van der Waals surface area contributed by atoms with Gasteiger partial charge in [-0.15, -0.1) is 0 Å². The molecule has 0 saturated carbocycles. The van der Waals surface area contributed by atoms with Crippen molar-refractivity contribution < 1.29 is 4.52 Å². The Labute approximate surface area is 106 Å². The van der Waals surface area contributed by atoms with E-state index in [9.17, 15) is 0 Å². The third-order valence-electron chi connectivity index (χ3n) is 2.79. The van der Waals surface area contributed by atoms with Crippen LogP contribution in [0.1, 0.15) is 44.2 Å². The van der Waals surface area contributed by atoms with Gasteiger partial charge in [0.1, 0.15) is 5.69 Å². The minimum Gasteiger partial charge on any atom is -0.332 e. The molecule has 2 N–H and O–H groups in total. The molecule has 0 saturated heterocycles. The first-order valence-electron chi connectivity index (χ1n) is 6.29. The Morgan fingerprint density at radius 2 is 2.22 bits per heavy atom. The van der Waals surface area contributed by atoms with Crippen molar-refractivity contribution in [1.82, 2.24) is 19.9 Å². The Kier molecular flexibility index (Phi) is 3.76. The monoisotopic (exact) mass is 249 g/mol. The van der Waals surface area contributed by atoms with E-state index in [4.69, 9.17) is 10.3 Å². The third kappa shape index (κ3) is 2.43. The van der Waals surface area contributed by atoms with Gasteiger partial charge in [0.2, 0.25) is 0 Å². The van der Waals surface area contributed by atoms with Crippen molar-refractivity contribution in [3.05, 3.63) is 17.6 Å². The van der Waals surface area contributed by atoms with E-state index in [1.54, 1.807) is 0 Å². The molecular formula is C12H19N5O. The van der Waals surface area contributed by atoms with E-state index < -0.39 is 0 Å². The van der Waals surface area contributed by atoms with E-state index in [0.717, 1.165) is 30.8 Å². The topological polar surface area (TPSA) is 82.8 Å². The molecule has 0 bridgehead atoms.